The van der Waals surface area contributed by atoms with Gasteiger partial charge in [-0.05, 0) is 0 Å². The van der Waals surface area contributed by atoms with E-state index in [-0.39, 0.29) is 6.54 Å². The third-order valence-electron chi connectivity index (χ3n) is 1.15. The third-order valence-corrected chi connectivity index (χ3v) is 1.15. The van der Waals surface area contributed by atoms with Crippen molar-refractivity contribution in [1.82, 2.24) is 0 Å². The summed E-state index contributed by atoms with van der Waals surface area (Å²) in [6.07, 6.45) is -0.759. The van der Waals surface area contributed by atoms with Gasteiger partial charge in [0, 0.05) is 13.0 Å². The average molecular weight is 135 g/mol. The molecule has 0 aliphatic rings. The number of aliphatic hydroxyl groups excluding tert-OH is 2. The zero-order valence-electron chi connectivity index (χ0n) is 5.45. The molecule has 0 radical (unpaired) electrons. The van der Waals surface area contributed by atoms with Gasteiger partial charge in [0.2, 0.25) is 0 Å². The fraction of sp³-hybridized carbons (Fsp3) is 1.00. The van der Waals surface area contributed by atoms with Crippen LogP contribution < -0.4 is 11.5 Å². The van der Waals surface area contributed by atoms with Crippen LogP contribution in [0.15, 0.2) is 0 Å². The quantitative estimate of drug-likeness (QED) is 0.338. The lowest BCUT2D eigenvalue weighted by atomic mass is 10.1. The summed E-state index contributed by atoms with van der Waals surface area (Å²) in [6.45, 7) is 0.633. The molecule has 4 heteroatoms. The molecule has 0 aromatic heterocycles. The number of hydrogen-bond donors (Lipinski definition) is 4. The lowest BCUT2D eigenvalue weighted by Gasteiger charge is -2.09. The van der Waals surface area contributed by atoms with E-state index in [1.54, 1.807) is 0 Å². The molecule has 0 amide bonds. The molecule has 0 bridgehead atoms. The van der Waals surface area contributed by atoms with Crippen molar-refractivity contribution in [2.45, 2.75) is 18.6 Å². The van der Waals surface area contributed by atoms with Crippen LogP contribution in [0.1, 0.15) is 6.42 Å². The highest BCUT2D eigenvalue weighted by Crippen LogP contribution is 1.92. The maximum atomic E-state index is 8.88. The second-order valence-corrected chi connectivity index (χ2v) is 2.07. The van der Waals surface area contributed by atoms with E-state index in [1.807, 2.05) is 0 Å². The van der Waals surface area contributed by atoms with Crippen molar-refractivity contribution in [2.75, 3.05) is 13.1 Å². The minimum Gasteiger partial charge on any atom is -0.392 e. The summed E-state index contributed by atoms with van der Waals surface area (Å²) in [5.41, 5.74) is 8.56. The Labute approximate surface area is 54.5 Å². The first-order valence-corrected chi connectivity index (χ1v) is 3.06. The Kier molecular flexibility index (Phi) is 4.61. The maximum Gasteiger partial charge on any atom is 0.105 e. The van der Waals surface area contributed by atoms with E-state index in [9.17, 15) is 0 Å². The summed E-state index contributed by atoms with van der Waals surface area (Å²) in [7, 11) is 0. The Balaban J connectivity index is 3.22. The molecule has 0 aliphatic carbocycles. The Morgan fingerprint density at radius 3 is 2.22 bits per heavy atom. The van der Waals surface area contributed by atoms with Gasteiger partial charge in [-0.15, -0.1) is 0 Å². The van der Waals surface area contributed by atoms with E-state index in [0.717, 1.165) is 0 Å². The van der Waals surface area contributed by atoms with E-state index < -0.39 is 12.2 Å². The summed E-state index contributed by atoms with van der Waals surface area (Å²) in [5.74, 6) is 0. The summed E-state index contributed by atoms with van der Waals surface area (Å²) in [6, 6.07) is 0. The summed E-state index contributed by atoms with van der Waals surface area (Å²) in [5, 5.41) is 17.7. The van der Waals surface area contributed by atoms with Crippen LogP contribution >= 0.6 is 0 Å². The third kappa shape index (κ3) is 4.35. The Bertz CT molecular complexity index is 62.0. The minimum atomic E-state index is -0.582. The van der Waals surface area contributed by atoms with E-state index in [4.69, 9.17) is 15.9 Å². The number of aliphatic hydroxyl groups is 2. The van der Waals surface area contributed by atoms with Gasteiger partial charge in [-0.3, -0.25) is 0 Å². The predicted octanol–water partition coefficient (Wildman–Crippen LogP) is -2.70. The van der Waals surface area contributed by atoms with Gasteiger partial charge >= 0.3 is 0 Å². The molecule has 56 valence electrons. The SMILES string of the molecule is NCC(O)CC(O)C[NH3+]. The van der Waals surface area contributed by atoms with Crippen molar-refractivity contribution in [3.05, 3.63) is 0 Å². The molecule has 0 saturated heterocycles. The molecule has 0 fully saturated rings. The molecular weight excluding hydrogens is 120 g/mol. The zero-order chi connectivity index (χ0) is 7.28. The van der Waals surface area contributed by atoms with Crippen molar-refractivity contribution in [3.63, 3.8) is 0 Å². The average Bonchev–Trinajstić information content (AvgIpc) is 1.87. The van der Waals surface area contributed by atoms with Crippen LogP contribution in [0.25, 0.3) is 0 Å². The number of hydrogen-bond acceptors (Lipinski definition) is 3. The molecule has 7 N–H and O–H groups in total. The topological polar surface area (TPSA) is 94.1 Å². The Morgan fingerprint density at radius 2 is 1.89 bits per heavy atom. The van der Waals surface area contributed by atoms with Crippen molar-refractivity contribution < 1.29 is 15.9 Å². The largest absolute Gasteiger partial charge is 0.392 e. The van der Waals surface area contributed by atoms with Gasteiger partial charge in [0.05, 0.1) is 6.10 Å². The fourth-order valence-corrected chi connectivity index (χ4v) is 0.528. The van der Waals surface area contributed by atoms with Crippen LogP contribution in [0, 0.1) is 0 Å². The minimum absolute atomic E-state index is 0.205. The van der Waals surface area contributed by atoms with Crippen LogP contribution in [-0.4, -0.2) is 35.5 Å². The summed E-state index contributed by atoms with van der Waals surface area (Å²) in [4.78, 5) is 0. The van der Waals surface area contributed by atoms with Gasteiger partial charge in [-0.1, -0.05) is 0 Å². The first-order chi connectivity index (χ1) is 4.20. The maximum absolute atomic E-state index is 8.88. The number of quaternary nitrogens is 1. The normalized spacial score (nSPS) is 17.3. The van der Waals surface area contributed by atoms with Gasteiger partial charge in [0.25, 0.3) is 0 Å². The molecule has 0 spiro atoms. The van der Waals surface area contributed by atoms with E-state index in [0.29, 0.717) is 13.0 Å². The van der Waals surface area contributed by atoms with Crippen molar-refractivity contribution in [1.29, 1.82) is 0 Å². The molecule has 0 aromatic rings. The van der Waals surface area contributed by atoms with Crippen molar-refractivity contribution >= 4 is 0 Å². The molecule has 2 unspecified atom stereocenters. The lowest BCUT2D eigenvalue weighted by Crippen LogP contribution is -2.56. The highest BCUT2D eigenvalue weighted by molar-refractivity contribution is 4.61. The van der Waals surface area contributed by atoms with Crippen LogP contribution in [-0.2, 0) is 0 Å². The Morgan fingerprint density at radius 1 is 1.33 bits per heavy atom. The lowest BCUT2D eigenvalue weighted by molar-refractivity contribution is -0.384. The van der Waals surface area contributed by atoms with E-state index in [2.05, 4.69) is 5.73 Å². The molecule has 0 aliphatic heterocycles. The number of nitrogens with two attached hydrogens (primary N) is 1. The predicted molar refractivity (Wildman–Crippen MR) is 33.4 cm³/mol. The van der Waals surface area contributed by atoms with Crippen LogP contribution in [0.5, 0.6) is 0 Å². The van der Waals surface area contributed by atoms with Gasteiger partial charge in [0.1, 0.15) is 12.6 Å². The number of rotatable bonds is 4. The zero-order valence-corrected chi connectivity index (χ0v) is 5.45. The van der Waals surface area contributed by atoms with Gasteiger partial charge in [-0.2, -0.15) is 0 Å². The van der Waals surface area contributed by atoms with Crippen molar-refractivity contribution in [3.8, 4) is 0 Å². The molecule has 0 rings (SSSR count). The van der Waals surface area contributed by atoms with Crippen LogP contribution in [0.3, 0.4) is 0 Å². The van der Waals surface area contributed by atoms with Crippen LogP contribution in [0.2, 0.25) is 0 Å². The first-order valence-electron chi connectivity index (χ1n) is 3.06. The molecule has 0 saturated carbocycles. The molecule has 0 aromatic carbocycles. The Hall–Kier alpha value is -0.160. The molecule has 9 heavy (non-hydrogen) atoms. The monoisotopic (exact) mass is 135 g/mol. The summed E-state index contributed by atoms with van der Waals surface area (Å²) < 4.78 is 0. The second-order valence-electron chi connectivity index (χ2n) is 2.07. The van der Waals surface area contributed by atoms with Gasteiger partial charge < -0.3 is 21.7 Å². The molecule has 4 nitrogen and oxygen atoms in total. The standard InChI is InChI=1S/C5H14N2O2/c6-2-4(8)1-5(9)3-7/h4-5,8-9H,1-3,6-7H2/p+1. The fourth-order valence-electron chi connectivity index (χ4n) is 0.528. The van der Waals surface area contributed by atoms with E-state index in [1.165, 1.54) is 0 Å². The summed E-state index contributed by atoms with van der Waals surface area (Å²) >= 11 is 0. The smallest absolute Gasteiger partial charge is 0.105 e. The van der Waals surface area contributed by atoms with Crippen LogP contribution in [0.4, 0.5) is 0 Å². The van der Waals surface area contributed by atoms with Crippen molar-refractivity contribution in [2.24, 2.45) is 5.73 Å². The first kappa shape index (κ1) is 8.84. The van der Waals surface area contributed by atoms with Gasteiger partial charge in [0.15, 0.2) is 0 Å². The highest BCUT2D eigenvalue weighted by atomic mass is 16.3. The molecule has 0 heterocycles. The molecule has 2 atom stereocenters. The second kappa shape index (κ2) is 4.69. The van der Waals surface area contributed by atoms with Gasteiger partial charge in [-0.25, -0.2) is 0 Å². The van der Waals surface area contributed by atoms with E-state index >= 15 is 0 Å². The highest BCUT2D eigenvalue weighted by Gasteiger charge is 2.08. The molecular formula is C5H15N2O2+.